The summed E-state index contributed by atoms with van der Waals surface area (Å²) in [5.74, 6) is 0. The first-order valence-corrected chi connectivity index (χ1v) is 9.07. The lowest BCUT2D eigenvalue weighted by Crippen LogP contribution is -2.48. The SMILES string of the molecule is CCCCN1CCN(S(=O)(=O)c2ccc(B(O)O)cc2)CC1. The molecule has 22 heavy (non-hydrogen) atoms. The Morgan fingerprint density at radius 3 is 2.18 bits per heavy atom. The van der Waals surface area contributed by atoms with Crippen molar-refractivity contribution in [3.63, 3.8) is 0 Å². The lowest BCUT2D eigenvalue weighted by molar-refractivity contribution is 0.186. The molecule has 0 aromatic heterocycles. The van der Waals surface area contributed by atoms with Crippen LogP contribution in [-0.4, -0.2) is 67.5 Å². The standard InChI is InChI=1S/C14H23BN2O4S/c1-2-3-8-16-9-11-17(12-10-16)22(20,21)14-6-4-13(5-7-14)15(18)19/h4-7,18-19H,2-3,8-12H2,1H3. The van der Waals surface area contributed by atoms with Crippen molar-refractivity contribution in [1.82, 2.24) is 9.21 Å². The smallest absolute Gasteiger partial charge is 0.423 e. The molecule has 8 heteroatoms. The van der Waals surface area contributed by atoms with Crippen molar-refractivity contribution in [1.29, 1.82) is 0 Å². The molecule has 2 rings (SSSR count). The van der Waals surface area contributed by atoms with Gasteiger partial charge in [-0.3, -0.25) is 0 Å². The molecule has 0 spiro atoms. The fourth-order valence-corrected chi connectivity index (χ4v) is 3.96. The molecule has 0 atom stereocenters. The van der Waals surface area contributed by atoms with Crippen LogP contribution in [0.1, 0.15) is 19.8 Å². The van der Waals surface area contributed by atoms with E-state index in [1.165, 1.54) is 28.6 Å². The van der Waals surface area contributed by atoms with Gasteiger partial charge in [-0.2, -0.15) is 4.31 Å². The van der Waals surface area contributed by atoms with Crippen LogP contribution in [0.5, 0.6) is 0 Å². The molecule has 2 N–H and O–H groups in total. The Kier molecular flexibility index (Phi) is 5.99. The number of unbranched alkanes of at least 4 members (excludes halogenated alkanes) is 1. The zero-order valence-electron chi connectivity index (χ0n) is 12.9. The molecule has 1 fully saturated rings. The average Bonchev–Trinajstić information content (AvgIpc) is 2.53. The van der Waals surface area contributed by atoms with Gasteiger partial charge in [0, 0.05) is 26.2 Å². The zero-order chi connectivity index (χ0) is 16.2. The predicted octanol–water partition coefficient (Wildman–Crippen LogP) is -0.527. The summed E-state index contributed by atoms with van der Waals surface area (Å²) < 4.78 is 26.6. The van der Waals surface area contributed by atoms with Gasteiger partial charge in [-0.05, 0) is 30.6 Å². The van der Waals surface area contributed by atoms with Gasteiger partial charge in [-0.25, -0.2) is 8.42 Å². The Labute approximate surface area is 132 Å². The highest BCUT2D eigenvalue weighted by molar-refractivity contribution is 7.89. The molecule has 0 radical (unpaired) electrons. The second-order valence-corrected chi connectivity index (χ2v) is 7.48. The number of hydrogen-bond donors (Lipinski definition) is 2. The molecule has 0 amide bonds. The molecular weight excluding hydrogens is 303 g/mol. The number of hydrogen-bond acceptors (Lipinski definition) is 5. The van der Waals surface area contributed by atoms with Crippen LogP contribution in [0, 0.1) is 0 Å². The van der Waals surface area contributed by atoms with E-state index in [2.05, 4.69) is 11.8 Å². The number of piperazine rings is 1. The Balaban J connectivity index is 2.02. The molecule has 0 unspecified atom stereocenters. The van der Waals surface area contributed by atoms with Crippen LogP contribution >= 0.6 is 0 Å². The average molecular weight is 326 g/mol. The quantitative estimate of drug-likeness (QED) is 0.687. The number of sulfonamides is 1. The van der Waals surface area contributed by atoms with Gasteiger partial charge in [0.2, 0.25) is 10.0 Å². The highest BCUT2D eigenvalue weighted by Gasteiger charge is 2.28. The van der Waals surface area contributed by atoms with E-state index in [0.717, 1.165) is 32.5 Å². The van der Waals surface area contributed by atoms with Crippen LogP contribution in [0.15, 0.2) is 29.2 Å². The van der Waals surface area contributed by atoms with Crippen LogP contribution in [0.3, 0.4) is 0 Å². The topological polar surface area (TPSA) is 81.1 Å². The van der Waals surface area contributed by atoms with E-state index in [-0.39, 0.29) is 10.4 Å². The number of rotatable bonds is 6. The van der Waals surface area contributed by atoms with Crippen molar-refractivity contribution in [2.45, 2.75) is 24.7 Å². The van der Waals surface area contributed by atoms with Crippen LogP contribution in [0.4, 0.5) is 0 Å². The highest BCUT2D eigenvalue weighted by Crippen LogP contribution is 2.17. The van der Waals surface area contributed by atoms with Crippen molar-refractivity contribution in [3.8, 4) is 0 Å². The minimum atomic E-state index is -3.51. The molecule has 122 valence electrons. The summed E-state index contributed by atoms with van der Waals surface area (Å²) >= 11 is 0. The number of benzene rings is 1. The van der Waals surface area contributed by atoms with E-state index < -0.39 is 17.1 Å². The second kappa shape index (κ2) is 7.56. The molecule has 1 heterocycles. The van der Waals surface area contributed by atoms with Crippen LogP contribution in [0.25, 0.3) is 0 Å². The van der Waals surface area contributed by atoms with Gasteiger partial charge in [0.25, 0.3) is 0 Å². The van der Waals surface area contributed by atoms with Crippen LogP contribution in [-0.2, 0) is 10.0 Å². The van der Waals surface area contributed by atoms with Crippen molar-refractivity contribution in [2.24, 2.45) is 0 Å². The molecule has 0 aliphatic carbocycles. The lowest BCUT2D eigenvalue weighted by atomic mass is 9.81. The van der Waals surface area contributed by atoms with Crippen LogP contribution in [0.2, 0.25) is 0 Å². The highest BCUT2D eigenvalue weighted by atomic mass is 32.2. The van der Waals surface area contributed by atoms with Crippen molar-refractivity contribution in [3.05, 3.63) is 24.3 Å². The van der Waals surface area contributed by atoms with Crippen molar-refractivity contribution in [2.75, 3.05) is 32.7 Å². The van der Waals surface area contributed by atoms with E-state index in [0.29, 0.717) is 13.1 Å². The maximum atomic E-state index is 12.6. The molecule has 0 bridgehead atoms. The van der Waals surface area contributed by atoms with Gasteiger partial charge in [0.15, 0.2) is 0 Å². The first-order valence-electron chi connectivity index (χ1n) is 7.63. The Bertz CT molecular complexity index is 569. The Morgan fingerprint density at radius 1 is 1.09 bits per heavy atom. The lowest BCUT2D eigenvalue weighted by Gasteiger charge is -2.33. The molecular formula is C14H23BN2O4S. The van der Waals surface area contributed by atoms with E-state index in [9.17, 15) is 8.42 Å². The third-order valence-electron chi connectivity index (χ3n) is 3.98. The van der Waals surface area contributed by atoms with Gasteiger partial charge >= 0.3 is 7.12 Å². The Hall–Kier alpha value is -0.925. The Morgan fingerprint density at radius 2 is 1.68 bits per heavy atom. The van der Waals surface area contributed by atoms with Gasteiger partial charge < -0.3 is 14.9 Å². The van der Waals surface area contributed by atoms with Gasteiger partial charge in [0.05, 0.1) is 4.90 Å². The van der Waals surface area contributed by atoms with Crippen LogP contribution < -0.4 is 5.46 Å². The van der Waals surface area contributed by atoms with Crippen molar-refractivity contribution >= 4 is 22.6 Å². The van der Waals surface area contributed by atoms with Gasteiger partial charge in [0.1, 0.15) is 0 Å². The third kappa shape index (κ3) is 4.08. The molecule has 1 aliphatic rings. The second-order valence-electron chi connectivity index (χ2n) is 5.54. The van der Waals surface area contributed by atoms with E-state index in [4.69, 9.17) is 10.0 Å². The summed E-state index contributed by atoms with van der Waals surface area (Å²) in [5, 5.41) is 18.1. The molecule has 1 saturated heterocycles. The van der Waals surface area contributed by atoms with E-state index >= 15 is 0 Å². The maximum absolute atomic E-state index is 12.6. The van der Waals surface area contributed by atoms with Gasteiger partial charge in [-0.15, -0.1) is 0 Å². The molecule has 0 saturated carbocycles. The molecule has 1 aromatic rings. The first-order chi connectivity index (χ1) is 10.4. The third-order valence-corrected chi connectivity index (χ3v) is 5.89. The normalized spacial score (nSPS) is 17.6. The number of nitrogens with zero attached hydrogens (tertiary/aromatic N) is 2. The molecule has 1 aliphatic heterocycles. The molecule has 6 nitrogen and oxygen atoms in total. The predicted molar refractivity (Wildman–Crippen MR) is 86.4 cm³/mol. The van der Waals surface area contributed by atoms with E-state index in [1.807, 2.05) is 0 Å². The zero-order valence-corrected chi connectivity index (χ0v) is 13.7. The summed E-state index contributed by atoms with van der Waals surface area (Å²) in [6.45, 7) is 5.67. The minimum Gasteiger partial charge on any atom is -0.423 e. The van der Waals surface area contributed by atoms with Gasteiger partial charge in [-0.1, -0.05) is 25.5 Å². The van der Waals surface area contributed by atoms with Crippen molar-refractivity contribution < 1.29 is 18.5 Å². The maximum Gasteiger partial charge on any atom is 0.488 e. The summed E-state index contributed by atoms with van der Waals surface area (Å²) in [5.41, 5.74) is 0.281. The fourth-order valence-electron chi connectivity index (χ4n) is 2.54. The minimum absolute atomic E-state index is 0.193. The van der Waals surface area contributed by atoms with E-state index in [1.54, 1.807) is 0 Å². The molecule has 1 aromatic carbocycles. The summed E-state index contributed by atoms with van der Waals surface area (Å²) in [6.07, 6.45) is 2.28. The summed E-state index contributed by atoms with van der Waals surface area (Å²) in [4.78, 5) is 2.49. The summed E-state index contributed by atoms with van der Waals surface area (Å²) in [7, 11) is -5.09. The summed E-state index contributed by atoms with van der Waals surface area (Å²) in [6, 6.07) is 5.70. The largest absolute Gasteiger partial charge is 0.488 e. The first kappa shape index (κ1) is 17.4. The monoisotopic (exact) mass is 326 g/mol. The fraction of sp³-hybridized carbons (Fsp3) is 0.571.